The van der Waals surface area contributed by atoms with Crippen LogP contribution in [0.1, 0.15) is 32.0 Å². The Labute approximate surface area is 289 Å². The molecule has 15 heteroatoms. The number of aromatic nitrogens is 3. The first kappa shape index (κ1) is 35.3. The van der Waals surface area contributed by atoms with Crippen LogP contribution in [0.3, 0.4) is 0 Å². The van der Waals surface area contributed by atoms with Crippen molar-refractivity contribution in [1.82, 2.24) is 24.3 Å². The molecule has 0 N–H and O–H groups in total. The molecule has 0 unspecified atom stereocenters. The molecule has 1 aliphatic heterocycles. The molecule has 0 radical (unpaired) electrons. The Kier molecular flexibility index (Phi) is 10.2. The van der Waals surface area contributed by atoms with Gasteiger partial charge in [-0.25, -0.2) is 31.9 Å². The van der Waals surface area contributed by atoms with Crippen molar-refractivity contribution in [3.63, 3.8) is 0 Å². The van der Waals surface area contributed by atoms with Gasteiger partial charge in [0.1, 0.15) is 29.6 Å². The number of anilines is 1. The third-order valence-electron chi connectivity index (χ3n) is 8.73. The number of hydrogen-bond donors (Lipinski definition) is 0. The lowest BCUT2D eigenvalue weighted by Gasteiger charge is -2.34. The van der Waals surface area contributed by atoms with E-state index in [0.717, 1.165) is 28.3 Å². The molecule has 2 aromatic heterocycles. The van der Waals surface area contributed by atoms with E-state index < -0.39 is 47.5 Å². The van der Waals surface area contributed by atoms with Crippen molar-refractivity contribution in [2.45, 2.75) is 19.9 Å². The number of carbonyl (C=O) groups is 2. The van der Waals surface area contributed by atoms with Crippen molar-refractivity contribution >= 4 is 28.4 Å². The zero-order valence-electron chi connectivity index (χ0n) is 27.9. The average molecular weight is 709 g/mol. The second-order valence-corrected chi connectivity index (χ2v) is 12.1. The van der Waals surface area contributed by atoms with E-state index in [0.29, 0.717) is 56.0 Å². The third kappa shape index (κ3) is 7.62. The van der Waals surface area contributed by atoms with Gasteiger partial charge >= 0.3 is 6.01 Å². The van der Waals surface area contributed by atoms with Gasteiger partial charge in [0.05, 0.1) is 29.2 Å². The number of amides is 2. The smallest absolute Gasteiger partial charge is 0.322 e. The molecule has 1 saturated heterocycles. The van der Waals surface area contributed by atoms with Crippen LogP contribution < -0.4 is 14.4 Å². The summed E-state index contributed by atoms with van der Waals surface area (Å²) in [6, 6.07) is 14.7. The van der Waals surface area contributed by atoms with Gasteiger partial charge in [0.25, 0.3) is 18.2 Å². The zero-order valence-corrected chi connectivity index (χ0v) is 27.9. The summed E-state index contributed by atoms with van der Waals surface area (Å²) in [4.78, 5) is 39.6. The topological polar surface area (TPSA) is 93.0 Å². The summed E-state index contributed by atoms with van der Waals surface area (Å²) >= 11 is 0. The zero-order chi connectivity index (χ0) is 36.4. The van der Waals surface area contributed by atoms with Crippen molar-refractivity contribution < 1.29 is 41.0 Å². The van der Waals surface area contributed by atoms with Gasteiger partial charge < -0.3 is 23.8 Å². The Balaban J connectivity index is 1.06. The standard InChI is InChI=1S/C36H33F5N6O4/c1-21-28(37)16-27(33(41)32(21)40)34(48)44(2)24-17-42-36(43-18-24)51-26-9-6-23-14-30(45(3)29(23)15-26)35(49)47-12-10-46(11-13-47)19-22-4-7-25(8-5-22)50-20-31(38)39/h4-9,14-18,31H,10-13,19-20H2,1-3H3. The molecule has 1 fully saturated rings. The van der Waals surface area contributed by atoms with E-state index in [1.165, 1.54) is 19.4 Å². The summed E-state index contributed by atoms with van der Waals surface area (Å²) < 4.78 is 79.9. The first-order chi connectivity index (χ1) is 24.4. The molecule has 1 aliphatic rings. The molecule has 266 valence electrons. The fourth-order valence-corrected chi connectivity index (χ4v) is 5.74. The summed E-state index contributed by atoms with van der Waals surface area (Å²) in [6.45, 7) is 3.49. The van der Waals surface area contributed by atoms with Crippen LogP contribution in [0.2, 0.25) is 0 Å². The van der Waals surface area contributed by atoms with Crippen LogP contribution in [0.25, 0.3) is 10.9 Å². The maximum Gasteiger partial charge on any atom is 0.322 e. The number of ether oxygens (including phenoxy) is 2. The number of fused-ring (bicyclic) bond motifs is 1. The maximum atomic E-state index is 14.4. The highest BCUT2D eigenvalue weighted by atomic mass is 19.3. The predicted octanol–water partition coefficient (Wildman–Crippen LogP) is 6.36. The van der Waals surface area contributed by atoms with Crippen LogP contribution in [0.5, 0.6) is 17.5 Å². The average Bonchev–Trinajstić information content (AvgIpc) is 3.46. The summed E-state index contributed by atoms with van der Waals surface area (Å²) in [5, 5.41) is 0.820. The number of benzene rings is 3. The van der Waals surface area contributed by atoms with E-state index in [1.807, 2.05) is 18.2 Å². The molecule has 10 nitrogen and oxygen atoms in total. The van der Waals surface area contributed by atoms with E-state index in [2.05, 4.69) is 14.9 Å². The van der Waals surface area contributed by atoms with Gasteiger partial charge in [-0.1, -0.05) is 12.1 Å². The van der Waals surface area contributed by atoms with Gasteiger partial charge in [0.15, 0.2) is 11.6 Å². The number of nitrogens with zero attached hydrogens (tertiary/aromatic N) is 6. The van der Waals surface area contributed by atoms with Gasteiger partial charge in [0, 0.05) is 63.8 Å². The molecule has 0 spiro atoms. The Hall–Kier alpha value is -5.57. The highest BCUT2D eigenvalue weighted by molar-refractivity contribution is 6.05. The minimum Gasteiger partial charge on any atom is -0.488 e. The summed E-state index contributed by atoms with van der Waals surface area (Å²) in [5.41, 5.74) is 1.09. The molecular formula is C36H33F5N6O4. The number of rotatable bonds is 10. The molecule has 6 rings (SSSR count). The van der Waals surface area contributed by atoms with Crippen molar-refractivity contribution in [2.75, 3.05) is 44.7 Å². The minimum absolute atomic E-state index is 0.0584. The predicted molar refractivity (Wildman–Crippen MR) is 178 cm³/mol. The quantitative estimate of drug-likeness (QED) is 0.123. The van der Waals surface area contributed by atoms with Crippen LogP contribution >= 0.6 is 0 Å². The fraction of sp³-hybridized carbons (Fsp3) is 0.278. The first-order valence-corrected chi connectivity index (χ1v) is 15.9. The van der Waals surface area contributed by atoms with Crippen molar-refractivity contribution in [3.8, 4) is 17.5 Å². The number of alkyl halides is 2. The van der Waals surface area contributed by atoms with Crippen LogP contribution in [0, 0.1) is 24.4 Å². The first-order valence-electron chi connectivity index (χ1n) is 15.9. The molecule has 0 saturated carbocycles. The number of halogens is 5. The Morgan fingerprint density at radius 3 is 2.24 bits per heavy atom. The summed E-state index contributed by atoms with van der Waals surface area (Å²) in [5.74, 6) is -4.25. The second kappa shape index (κ2) is 14.7. The van der Waals surface area contributed by atoms with E-state index in [-0.39, 0.29) is 17.6 Å². The number of aryl methyl sites for hydroxylation is 1. The SMILES string of the molecule is Cc1c(F)cc(C(=O)N(C)c2cnc(Oc3ccc4cc(C(=O)N5CCN(Cc6ccc(OCC(F)F)cc6)CC5)n(C)c4c3)nc2)c(F)c1F. The van der Waals surface area contributed by atoms with E-state index in [9.17, 15) is 31.5 Å². The Morgan fingerprint density at radius 1 is 0.902 bits per heavy atom. The van der Waals surface area contributed by atoms with Gasteiger partial charge in [-0.3, -0.25) is 14.5 Å². The minimum atomic E-state index is -2.53. The molecule has 3 aromatic carbocycles. The molecule has 51 heavy (non-hydrogen) atoms. The third-order valence-corrected chi connectivity index (χ3v) is 8.73. The molecular weight excluding hydrogens is 675 g/mol. The molecule has 5 aromatic rings. The summed E-state index contributed by atoms with van der Waals surface area (Å²) in [7, 11) is 3.08. The molecule has 2 amide bonds. The second-order valence-electron chi connectivity index (χ2n) is 12.1. The number of hydrogen-bond acceptors (Lipinski definition) is 7. The van der Waals surface area contributed by atoms with E-state index in [1.54, 1.807) is 46.8 Å². The highest BCUT2D eigenvalue weighted by Crippen LogP contribution is 2.28. The largest absolute Gasteiger partial charge is 0.488 e. The molecule has 0 bridgehead atoms. The van der Waals surface area contributed by atoms with E-state index in [4.69, 9.17) is 9.47 Å². The van der Waals surface area contributed by atoms with Gasteiger partial charge in [-0.15, -0.1) is 0 Å². The number of piperazine rings is 1. The fourth-order valence-electron chi connectivity index (χ4n) is 5.74. The monoisotopic (exact) mass is 708 g/mol. The molecule has 3 heterocycles. The molecule has 0 aliphatic carbocycles. The summed E-state index contributed by atoms with van der Waals surface area (Å²) in [6.07, 6.45) is -0.0280. The Bertz CT molecular complexity index is 2070. The van der Waals surface area contributed by atoms with Crippen molar-refractivity contribution in [3.05, 3.63) is 107 Å². The van der Waals surface area contributed by atoms with Crippen LogP contribution in [-0.4, -0.2) is 82.4 Å². The van der Waals surface area contributed by atoms with Gasteiger partial charge in [-0.2, -0.15) is 0 Å². The lowest BCUT2D eigenvalue weighted by molar-refractivity contribution is 0.0619. The normalized spacial score (nSPS) is 13.5. The van der Waals surface area contributed by atoms with Crippen LogP contribution in [-0.2, 0) is 13.6 Å². The van der Waals surface area contributed by atoms with Crippen LogP contribution in [0.4, 0.5) is 27.6 Å². The van der Waals surface area contributed by atoms with Crippen LogP contribution in [0.15, 0.2) is 67.0 Å². The van der Waals surface area contributed by atoms with E-state index >= 15 is 0 Å². The lowest BCUT2D eigenvalue weighted by Crippen LogP contribution is -2.48. The van der Waals surface area contributed by atoms with Crippen molar-refractivity contribution in [1.29, 1.82) is 0 Å². The van der Waals surface area contributed by atoms with Gasteiger partial charge in [0.2, 0.25) is 0 Å². The van der Waals surface area contributed by atoms with Gasteiger partial charge in [-0.05, 0) is 48.9 Å². The Morgan fingerprint density at radius 2 is 1.57 bits per heavy atom. The number of carbonyl (C=O) groups excluding carboxylic acids is 2. The maximum absolute atomic E-state index is 14.4. The van der Waals surface area contributed by atoms with Crippen molar-refractivity contribution in [2.24, 2.45) is 7.05 Å². The highest BCUT2D eigenvalue weighted by Gasteiger charge is 2.26. The molecule has 0 atom stereocenters. The lowest BCUT2D eigenvalue weighted by atomic mass is 10.1.